The molecule has 38 heavy (non-hydrogen) atoms. The van der Waals surface area contributed by atoms with Crippen molar-refractivity contribution in [1.29, 1.82) is 0 Å². The van der Waals surface area contributed by atoms with Gasteiger partial charge >= 0.3 is 6.18 Å². The van der Waals surface area contributed by atoms with E-state index in [9.17, 15) is 13.2 Å². The van der Waals surface area contributed by atoms with Crippen LogP contribution in [0.2, 0.25) is 0 Å². The lowest BCUT2D eigenvalue weighted by atomic mass is 10.0. The Hall–Kier alpha value is -4.35. The second kappa shape index (κ2) is 8.89. The molecule has 12 heteroatoms. The van der Waals surface area contributed by atoms with Crippen molar-refractivity contribution in [3.63, 3.8) is 0 Å². The molecule has 0 spiro atoms. The molecule has 0 bridgehead atoms. The maximum absolute atomic E-state index is 15.2. The van der Waals surface area contributed by atoms with E-state index < -0.39 is 17.7 Å². The van der Waals surface area contributed by atoms with Gasteiger partial charge in [0.05, 0.1) is 30.0 Å². The molecule has 4 heterocycles. The van der Waals surface area contributed by atoms with Gasteiger partial charge in [0.15, 0.2) is 11.5 Å². The average molecular weight is 523 g/mol. The van der Waals surface area contributed by atoms with E-state index in [4.69, 9.17) is 9.72 Å². The lowest BCUT2D eigenvalue weighted by Gasteiger charge is -2.10. The van der Waals surface area contributed by atoms with E-state index in [1.54, 1.807) is 24.5 Å². The molecule has 1 aliphatic rings. The minimum absolute atomic E-state index is 0.0257. The number of aryl methyl sites for hydroxylation is 1. The van der Waals surface area contributed by atoms with Crippen LogP contribution in [0.1, 0.15) is 41.3 Å². The molecule has 5 aromatic rings. The second-order valence-electron chi connectivity index (χ2n) is 9.23. The highest BCUT2D eigenvalue weighted by Gasteiger charge is 2.35. The van der Waals surface area contributed by atoms with Crippen LogP contribution in [0.25, 0.3) is 33.8 Å². The van der Waals surface area contributed by atoms with Crippen LogP contribution in [0, 0.1) is 5.82 Å². The van der Waals surface area contributed by atoms with Gasteiger partial charge in [0, 0.05) is 42.9 Å². The molecule has 1 fully saturated rings. The number of ether oxygens (including phenoxy) is 1. The summed E-state index contributed by atoms with van der Waals surface area (Å²) in [7, 11) is 2.97. The summed E-state index contributed by atoms with van der Waals surface area (Å²) in [6, 6.07) is 4.30. The van der Waals surface area contributed by atoms with Crippen molar-refractivity contribution in [2.24, 2.45) is 7.05 Å². The molecule has 0 unspecified atom stereocenters. The van der Waals surface area contributed by atoms with Gasteiger partial charge in [-0.25, -0.2) is 29.3 Å². The Morgan fingerprint density at radius 2 is 1.92 bits per heavy atom. The molecule has 0 aliphatic heterocycles. The molecular formula is C26H21F4N7O. The number of H-pyrrole nitrogens is 1. The lowest BCUT2D eigenvalue weighted by Crippen LogP contribution is -2.04. The van der Waals surface area contributed by atoms with Gasteiger partial charge in [-0.15, -0.1) is 0 Å². The van der Waals surface area contributed by atoms with Gasteiger partial charge < -0.3 is 14.3 Å². The number of rotatable bonds is 6. The van der Waals surface area contributed by atoms with Gasteiger partial charge in [-0.05, 0) is 24.5 Å². The van der Waals surface area contributed by atoms with Gasteiger partial charge in [-0.1, -0.05) is 12.1 Å². The number of halogens is 4. The van der Waals surface area contributed by atoms with Crippen molar-refractivity contribution in [2.75, 3.05) is 7.11 Å². The third kappa shape index (κ3) is 4.25. The van der Waals surface area contributed by atoms with E-state index in [2.05, 4.69) is 24.9 Å². The minimum atomic E-state index is -4.58. The quantitative estimate of drug-likeness (QED) is 0.298. The summed E-state index contributed by atoms with van der Waals surface area (Å²) in [5, 5.41) is 0. The molecule has 194 valence electrons. The molecule has 0 saturated heterocycles. The Kier molecular flexibility index (Phi) is 5.62. The van der Waals surface area contributed by atoms with Gasteiger partial charge in [-0.3, -0.25) is 0 Å². The molecule has 1 aromatic carbocycles. The molecule has 1 aliphatic carbocycles. The first kappa shape index (κ1) is 24.0. The number of nitrogens with zero attached hydrogens (tertiary/aromatic N) is 6. The summed E-state index contributed by atoms with van der Waals surface area (Å²) in [6.45, 7) is 0. The predicted molar refractivity (Wildman–Crippen MR) is 130 cm³/mol. The monoisotopic (exact) mass is 523 g/mol. The van der Waals surface area contributed by atoms with E-state index in [0.29, 0.717) is 39.8 Å². The summed E-state index contributed by atoms with van der Waals surface area (Å²) < 4.78 is 61.0. The summed E-state index contributed by atoms with van der Waals surface area (Å²) in [6.07, 6.45) is 3.41. The number of aromatic nitrogens is 7. The van der Waals surface area contributed by atoms with Crippen LogP contribution in [0.3, 0.4) is 0 Å². The van der Waals surface area contributed by atoms with Crippen molar-refractivity contribution < 1.29 is 22.3 Å². The normalized spacial score (nSPS) is 13.8. The van der Waals surface area contributed by atoms with Crippen molar-refractivity contribution >= 4 is 11.0 Å². The fourth-order valence-electron chi connectivity index (χ4n) is 4.54. The van der Waals surface area contributed by atoms with Gasteiger partial charge in [0.25, 0.3) is 0 Å². The Bertz CT molecular complexity index is 1670. The van der Waals surface area contributed by atoms with E-state index in [-0.39, 0.29) is 17.8 Å². The molecule has 4 aromatic heterocycles. The summed E-state index contributed by atoms with van der Waals surface area (Å²) in [4.78, 5) is 24.7. The Labute approximate surface area is 213 Å². The van der Waals surface area contributed by atoms with Gasteiger partial charge in [-0.2, -0.15) is 13.2 Å². The van der Waals surface area contributed by atoms with Crippen LogP contribution in [0.15, 0.2) is 43.1 Å². The molecule has 1 N–H and O–H groups in total. The summed E-state index contributed by atoms with van der Waals surface area (Å²) in [5.41, 5.74) is 3.10. The van der Waals surface area contributed by atoms with E-state index in [1.807, 2.05) is 0 Å². The number of hydrogen-bond donors (Lipinski definition) is 1. The van der Waals surface area contributed by atoms with Crippen LogP contribution >= 0.6 is 0 Å². The molecule has 8 nitrogen and oxygen atoms in total. The highest BCUT2D eigenvalue weighted by atomic mass is 19.4. The standard InChI is InChI=1S/C26H21F4N7O/c1-37-11-19(26(28,29)30)35-24(37)15-6-5-14(17(27)8-15)7-16-9-31-18-10-32-23(36-21(16)18)20-22(13-3-4-13)33-12-34-25(20)38-2/h5-6,8-13,31H,3-4,7H2,1-2H3. The zero-order chi connectivity index (χ0) is 26.6. The molecular weight excluding hydrogens is 502 g/mol. The maximum Gasteiger partial charge on any atom is 0.434 e. The van der Waals surface area contributed by atoms with Crippen LogP contribution in [-0.2, 0) is 19.6 Å². The molecule has 0 amide bonds. The van der Waals surface area contributed by atoms with E-state index in [1.165, 1.54) is 31.1 Å². The largest absolute Gasteiger partial charge is 0.480 e. The third-order valence-corrected chi connectivity index (χ3v) is 6.58. The van der Waals surface area contributed by atoms with Crippen molar-refractivity contribution in [3.8, 4) is 28.7 Å². The zero-order valence-electron chi connectivity index (χ0n) is 20.3. The Balaban J connectivity index is 1.34. The maximum atomic E-state index is 15.2. The molecule has 0 atom stereocenters. The summed E-state index contributed by atoms with van der Waals surface area (Å²) in [5.74, 6) is 0.590. The fourth-order valence-corrected chi connectivity index (χ4v) is 4.54. The van der Waals surface area contributed by atoms with Crippen molar-refractivity contribution in [2.45, 2.75) is 31.4 Å². The molecule has 6 rings (SSSR count). The SMILES string of the molecule is COc1ncnc(C2CC2)c1-c1ncc2[nH]cc(Cc3ccc(-c4nc(C(F)(F)F)cn4C)cc3F)c2n1. The van der Waals surface area contributed by atoms with Crippen LogP contribution in [0.4, 0.5) is 17.6 Å². The smallest absolute Gasteiger partial charge is 0.434 e. The number of nitrogens with one attached hydrogen (secondary N) is 1. The predicted octanol–water partition coefficient (Wildman–Crippen LogP) is 5.45. The highest BCUT2D eigenvalue weighted by Crippen LogP contribution is 2.45. The molecule has 0 radical (unpaired) electrons. The first-order valence-electron chi connectivity index (χ1n) is 11.8. The number of imidazole rings is 1. The second-order valence-corrected chi connectivity index (χ2v) is 9.23. The number of hydrogen-bond acceptors (Lipinski definition) is 6. The number of methoxy groups -OCH3 is 1. The third-order valence-electron chi connectivity index (χ3n) is 6.58. The van der Waals surface area contributed by atoms with Crippen LogP contribution in [0.5, 0.6) is 5.88 Å². The number of aromatic amines is 1. The minimum Gasteiger partial charge on any atom is -0.480 e. The zero-order valence-corrected chi connectivity index (χ0v) is 20.3. The van der Waals surface area contributed by atoms with Crippen molar-refractivity contribution in [3.05, 3.63) is 71.4 Å². The summed E-state index contributed by atoms with van der Waals surface area (Å²) >= 11 is 0. The lowest BCUT2D eigenvalue weighted by molar-refractivity contribution is -0.140. The van der Waals surface area contributed by atoms with E-state index in [0.717, 1.165) is 30.3 Å². The number of fused-ring (bicyclic) bond motifs is 1. The Morgan fingerprint density at radius 1 is 1.11 bits per heavy atom. The van der Waals surface area contributed by atoms with Gasteiger partial charge in [0.2, 0.25) is 5.88 Å². The Morgan fingerprint density at radius 3 is 2.61 bits per heavy atom. The topological polar surface area (TPSA) is 94.4 Å². The highest BCUT2D eigenvalue weighted by molar-refractivity contribution is 5.81. The molecule has 1 saturated carbocycles. The first-order valence-corrected chi connectivity index (χ1v) is 11.8. The van der Waals surface area contributed by atoms with Crippen molar-refractivity contribution in [1.82, 2.24) is 34.5 Å². The van der Waals surface area contributed by atoms with E-state index >= 15 is 4.39 Å². The fraction of sp³-hybridized carbons (Fsp3) is 0.269. The van der Waals surface area contributed by atoms with Crippen LogP contribution < -0.4 is 4.74 Å². The first-order chi connectivity index (χ1) is 18.2. The number of alkyl halides is 3. The average Bonchev–Trinajstić information content (AvgIpc) is 3.55. The van der Waals surface area contributed by atoms with Gasteiger partial charge in [0.1, 0.15) is 23.5 Å². The number of benzene rings is 1. The van der Waals surface area contributed by atoms with Crippen LogP contribution in [-0.4, -0.2) is 41.6 Å².